The minimum atomic E-state index is -0.576. The molecule has 2 aliphatic rings. The fourth-order valence-electron chi connectivity index (χ4n) is 3.61. The van der Waals surface area contributed by atoms with Gasteiger partial charge in [-0.1, -0.05) is 11.6 Å². The summed E-state index contributed by atoms with van der Waals surface area (Å²) < 4.78 is 4.98. The van der Waals surface area contributed by atoms with Crippen LogP contribution in [-0.2, 0) is 14.3 Å². The van der Waals surface area contributed by atoms with E-state index >= 15 is 0 Å². The van der Waals surface area contributed by atoms with Crippen LogP contribution in [0.3, 0.4) is 0 Å². The summed E-state index contributed by atoms with van der Waals surface area (Å²) in [5.74, 6) is -0.233. The first kappa shape index (κ1) is 21.6. The molecule has 0 aromatic heterocycles. The van der Waals surface area contributed by atoms with Crippen LogP contribution < -0.4 is 10.6 Å². The molecule has 2 fully saturated rings. The van der Waals surface area contributed by atoms with E-state index in [9.17, 15) is 14.4 Å². The van der Waals surface area contributed by atoms with Gasteiger partial charge in [0.05, 0.1) is 6.61 Å². The fourth-order valence-corrected chi connectivity index (χ4v) is 3.74. The van der Waals surface area contributed by atoms with E-state index in [4.69, 9.17) is 16.3 Å². The molecule has 0 spiro atoms. The van der Waals surface area contributed by atoms with Crippen molar-refractivity contribution >= 4 is 29.3 Å². The number of halogens is 1. The second-order valence-electron chi connectivity index (χ2n) is 7.68. The van der Waals surface area contributed by atoms with Crippen molar-refractivity contribution in [2.24, 2.45) is 11.8 Å². The molecule has 3 amide bonds. The first-order valence-electron chi connectivity index (χ1n) is 10.1. The highest BCUT2D eigenvalue weighted by Gasteiger charge is 2.37. The van der Waals surface area contributed by atoms with Gasteiger partial charge in [-0.25, -0.2) is 0 Å². The Hall–Kier alpha value is -2.12. The van der Waals surface area contributed by atoms with E-state index in [-0.39, 0.29) is 29.6 Å². The van der Waals surface area contributed by atoms with E-state index in [2.05, 4.69) is 10.6 Å². The van der Waals surface area contributed by atoms with E-state index in [0.29, 0.717) is 49.7 Å². The van der Waals surface area contributed by atoms with Gasteiger partial charge in [0, 0.05) is 43.2 Å². The topological polar surface area (TPSA) is 87.7 Å². The van der Waals surface area contributed by atoms with Gasteiger partial charge in [0.15, 0.2) is 0 Å². The van der Waals surface area contributed by atoms with Crippen LogP contribution in [0.4, 0.5) is 0 Å². The van der Waals surface area contributed by atoms with Gasteiger partial charge < -0.3 is 20.3 Å². The monoisotopic (exact) mass is 421 g/mol. The van der Waals surface area contributed by atoms with E-state index in [1.807, 2.05) is 0 Å². The Morgan fingerprint density at radius 2 is 1.79 bits per heavy atom. The molecule has 8 heteroatoms. The number of hydrogen-bond acceptors (Lipinski definition) is 4. The van der Waals surface area contributed by atoms with Crippen molar-refractivity contribution in [1.29, 1.82) is 0 Å². The summed E-state index contributed by atoms with van der Waals surface area (Å²) in [4.78, 5) is 39.5. The second kappa shape index (κ2) is 10.1. The molecule has 1 saturated carbocycles. The predicted molar refractivity (Wildman–Crippen MR) is 110 cm³/mol. The number of amides is 3. The van der Waals surface area contributed by atoms with E-state index in [1.54, 1.807) is 36.3 Å². The first-order chi connectivity index (χ1) is 14.0. The molecular formula is C21H28ClN3O4. The van der Waals surface area contributed by atoms with Gasteiger partial charge in [0.25, 0.3) is 5.91 Å². The maximum Gasteiger partial charge on any atom is 0.253 e. The number of likely N-dealkylation sites (tertiary alicyclic amines) is 1. The van der Waals surface area contributed by atoms with Gasteiger partial charge in [0.2, 0.25) is 11.8 Å². The average Bonchev–Trinajstić information content (AvgIpc) is 3.58. The molecule has 1 aliphatic carbocycles. The average molecular weight is 422 g/mol. The van der Waals surface area contributed by atoms with Crippen LogP contribution in [0.15, 0.2) is 24.3 Å². The minimum absolute atomic E-state index is 0.00508. The zero-order chi connectivity index (χ0) is 20.8. The summed E-state index contributed by atoms with van der Waals surface area (Å²) in [6, 6.07) is 6.27. The Kier molecular flexibility index (Phi) is 7.50. The maximum atomic E-state index is 12.7. The van der Waals surface area contributed by atoms with Gasteiger partial charge in [-0.3, -0.25) is 14.4 Å². The fraction of sp³-hybridized carbons (Fsp3) is 0.571. The third kappa shape index (κ3) is 5.93. The molecule has 1 saturated heterocycles. The molecule has 7 nitrogen and oxygen atoms in total. The lowest BCUT2D eigenvalue weighted by molar-refractivity contribution is -0.131. The van der Waals surface area contributed by atoms with Crippen LogP contribution in [0.5, 0.6) is 0 Å². The molecule has 1 aromatic carbocycles. The van der Waals surface area contributed by atoms with Crippen LogP contribution in [-0.4, -0.2) is 62.0 Å². The normalized spacial score (nSPS) is 18.2. The van der Waals surface area contributed by atoms with Crippen LogP contribution in [0.25, 0.3) is 0 Å². The number of nitrogens with one attached hydrogen (secondary N) is 2. The van der Waals surface area contributed by atoms with Gasteiger partial charge >= 0.3 is 0 Å². The van der Waals surface area contributed by atoms with Crippen LogP contribution in [0, 0.1) is 11.8 Å². The number of carbonyl (C=O) groups excluding carboxylic acids is 3. The van der Waals surface area contributed by atoms with Gasteiger partial charge in [0.1, 0.15) is 6.04 Å². The van der Waals surface area contributed by atoms with E-state index in [1.165, 1.54) is 0 Å². The number of methoxy groups -OCH3 is 1. The van der Waals surface area contributed by atoms with Crippen LogP contribution in [0.2, 0.25) is 5.02 Å². The Morgan fingerprint density at radius 1 is 1.14 bits per heavy atom. The van der Waals surface area contributed by atoms with Crippen molar-refractivity contribution in [2.45, 2.75) is 31.7 Å². The summed E-state index contributed by atoms with van der Waals surface area (Å²) in [5.41, 5.74) is 0.601. The molecule has 0 bridgehead atoms. The molecule has 1 aromatic rings. The molecule has 1 heterocycles. The smallest absolute Gasteiger partial charge is 0.253 e. The number of ether oxygens (including phenoxy) is 1. The first-order valence-corrected chi connectivity index (χ1v) is 10.5. The number of nitrogens with zero attached hydrogens (tertiary/aromatic N) is 1. The van der Waals surface area contributed by atoms with E-state index in [0.717, 1.165) is 12.8 Å². The third-order valence-electron chi connectivity index (χ3n) is 5.52. The van der Waals surface area contributed by atoms with Gasteiger partial charge in [-0.05, 0) is 55.9 Å². The molecular weight excluding hydrogens is 394 g/mol. The molecule has 158 valence electrons. The zero-order valence-corrected chi connectivity index (χ0v) is 17.4. The highest BCUT2D eigenvalue weighted by atomic mass is 35.5. The zero-order valence-electron chi connectivity index (χ0n) is 16.7. The summed E-state index contributed by atoms with van der Waals surface area (Å²) in [6.45, 7) is 1.92. The molecule has 29 heavy (non-hydrogen) atoms. The molecule has 2 N–H and O–H groups in total. The van der Waals surface area contributed by atoms with Crippen molar-refractivity contribution in [3.63, 3.8) is 0 Å². The van der Waals surface area contributed by atoms with Gasteiger partial charge in [-0.2, -0.15) is 0 Å². The van der Waals surface area contributed by atoms with Crippen molar-refractivity contribution < 1.29 is 19.1 Å². The number of benzene rings is 1. The highest BCUT2D eigenvalue weighted by molar-refractivity contribution is 6.30. The molecule has 3 rings (SSSR count). The molecule has 1 aliphatic heterocycles. The molecule has 1 atom stereocenters. The number of rotatable bonds is 8. The molecule has 0 unspecified atom stereocenters. The maximum absolute atomic E-state index is 12.7. The number of hydrogen-bond donors (Lipinski definition) is 2. The Morgan fingerprint density at radius 3 is 2.38 bits per heavy atom. The summed E-state index contributed by atoms with van der Waals surface area (Å²) in [5, 5.41) is 6.38. The third-order valence-corrected chi connectivity index (χ3v) is 5.78. The summed E-state index contributed by atoms with van der Waals surface area (Å²) in [7, 11) is 1.58. The quantitative estimate of drug-likeness (QED) is 0.627. The number of piperidine rings is 1. The summed E-state index contributed by atoms with van der Waals surface area (Å²) in [6.07, 6.45) is 3.09. The second-order valence-corrected chi connectivity index (χ2v) is 8.12. The van der Waals surface area contributed by atoms with Crippen molar-refractivity contribution in [2.75, 3.05) is 33.4 Å². The Bertz CT molecular complexity index is 728. The SMILES string of the molecule is COCCNC(=O)[C@H](NC(=O)C1CC1)C1CCN(C(=O)c2ccc(Cl)cc2)CC1. The van der Waals surface area contributed by atoms with Crippen molar-refractivity contribution in [3.8, 4) is 0 Å². The standard InChI is InChI=1S/C21H28ClN3O4/c1-29-13-10-23-20(27)18(24-19(26)15-2-3-15)14-8-11-25(12-9-14)21(28)16-4-6-17(22)7-5-16/h4-7,14-15,18H,2-3,8-13H2,1H3,(H,23,27)(H,24,26)/t18-/m1/s1. The minimum Gasteiger partial charge on any atom is -0.383 e. The molecule has 0 radical (unpaired) electrons. The highest BCUT2D eigenvalue weighted by Crippen LogP contribution is 2.30. The van der Waals surface area contributed by atoms with Crippen LogP contribution in [0.1, 0.15) is 36.0 Å². The lowest BCUT2D eigenvalue weighted by Crippen LogP contribution is -2.54. The Balaban J connectivity index is 1.59. The van der Waals surface area contributed by atoms with Gasteiger partial charge in [-0.15, -0.1) is 0 Å². The largest absolute Gasteiger partial charge is 0.383 e. The van der Waals surface area contributed by atoms with Crippen molar-refractivity contribution in [1.82, 2.24) is 15.5 Å². The van der Waals surface area contributed by atoms with Crippen molar-refractivity contribution in [3.05, 3.63) is 34.9 Å². The summed E-state index contributed by atoms with van der Waals surface area (Å²) >= 11 is 5.89. The number of carbonyl (C=O) groups is 3. The lowest BCUT2D eigenvalue weighted by Gasteiger charge is -2.36. The van der Waals surface area contributed by atoms with E-state index < -0.39 is 6.04 Å². The Labute approximate surface area is 176 Å². The lowest BCUT2D eigenvalue weighted by atomic mass is 9.88. The predicted octanol–water partition coefficient (Wildman–Crippen LogP) is 1.85. The van der Waals surface area contributed by atoms with Crippen LogP contribution >= 0.6 is 11.6 Å².